The SMILES string of the molecule is COc1c(Br)cc(Br)cc1[C@H]1N=c2ccccc2=C2C(=O)NC(SC)=NN21. The summed E-state index contributed by atoms with van der Waals surface area (Å²) in [6.07, 6.45) is 1.33. The number of halogens is 2. The number of methoxy groups -OCH3 is 1. The molecular formula is C18H14Br2N4O2S. The number of para-hydroxylation sites is 1. The predicted octanol–water partition coefficient (Wildman–Crippen LogP) is 2.73. The molecule has 1 atom stereocenters. The van der Waals surface area contributed by atoms with E-state index >= 15 is 0 Å². The van der Waals surface area contributed by atoms with Gasteiger partial charge in [-0.15, -0.1) is 5.10 Å². The summed E-state index contributed by atoms with van der Waals surface area (Å²) < 4.78 is 7.28. The average molecular weight is 510 g/mol. The van der Waals surface area contributed by atoms with E-state index in [4.69, 9.17) is 9.73 Å². The number of thioether (sulfide) groups is 1. The second kappa shape index (κ2) is 7.29. The molecule has 9 heteroatoms. The number of carbonyl (C=O) groups excluding carboxylic acids is 1. The summed E-state index contributed by atoms with van der Waals surface area (Å²) >= 11 is 8.44. The van der Waals surface area contributed by atoms with Crippen molar-refractivity contribution in [1.29, 1.82) is 0 Å². The van der Waals surface area contributed by atoms with Gasteiger partial charge in [-0.1, -0.05) is 45.9 Å². The molecule has 2 aromatic carbocycles. The summed E-state index contributed by atoms with van der Waals surface area (Å²) in [5, 5.41) is 11.1. The average Bonchev–Trinajstić information content (AvgIpc) is 2.66. The fourth-order valence-corrected chi connectivity index (χ4v) is 4.89. The Morgan fingerprint density at radius 1 is 1.26 bits per heavy atom. The number of fused-ring (bicyclic) bond motifs is 2. The lowest BCUT2D eigenvalue weighted by molar-refractivity contribution is -0.116. The Balaban J connectivity index is 2.03. The molecule has 1 amide bonds. The molecule has 0 saturated carbocycles. The van der Waals surface area contributed by atoms with Gasteiger partial charge in [-0.3, -0.25) is 15.1 Å². The third-order valence-electron chi connectivity index (χ3n) is 4.23. The lowest BCUT2D eigenvalue weighted by Crippen LogP contribution is -2.50. The first-order valence-electron chi connectivity index (χ1n) is 7.96. The zero-order chi connectivity index (χ0) is 19.1. The highest BCUT2D eigenvalue weighted by Gasteiger charge is 2.35. The van der Waals surface area contributed by atoms with Gasteiger partial charge >= 0.3 is 0 Å². The van der Waals surface area contributed by atoms with Gasteiger partial charge in [-0.25, -0.2) is 5.01 Å². The van der Waals surface area contributed by atoms with Crippen LogP contribution < -0.4 is 20.6 Å². The highest BCUT2D eigenvalue weighted by atomic mass is 79.9. The summed E-state index contributed by atoms with van der Waals surface area (Å²) in [5.74, 6) is 0.451. The van der Waals surface area contributed by atoms with Crippen molar-refractivity contribution in [2.45, 2.75) is 6.17 Å². The number of nitrogens with zero attached hydrogens (tertiary/aromatic N) is 3. The first-order chi connectivity index (χ1) is 13.0. The van der Waals surface area contributed by atoms with Crippen LogP contribution >= 0.6 is 43.6 Å². The Bertz CT molecular complexity index is 1100. The van der Waals surface area contributed by atoms with E-state index in [1.54, 1.807) is 12.1 Å². The van der Waals surface area contributed by atoms with Crippen molar-refractivity contribution < 1.29 is 9.53 Å². The summed E-state index contributed by atoms with van der Waals surface area (Å²) in [6.45, 7) is 0. The molecule has 2 aliphatic rings. The topological polar surface area (TPSA) is 66.3 Å². The zero-order valence-corrected chi connectivity index (χ0v) is 18.4. The van der Waals surface area contributed by atoms with Gasteiger partial charge in [0, 0.05) is 15.3 Å². The predicted molar refractivity (Wildman–Crippen MR) is 113 cm³/mol. The molecule has 0 radical (unpaired) electrons. The van der Waals surface area contributed by atoms with E-state index < -0.39 is 6.17 Å². The maximum absolute atomic E-state index is 12.9. The third kappa shape index (κ3) is 3.17. The Morgan fingerprint density at radius 3 is 2.78 bits per heavy atom. The molecule has 1 N–H and O–H groups in total. The fourth-order valence-electron chi connectivity index (χ4n) is 3.11. The monoisotopic (exact) mass is 508 g/mol. The van der Waals surface area contributed by atoms with Crippen LogP contribution in [0.2, 0.25) is 0 Å². The summed E-state index contributed by atoms with van der Waals surface area (Å²) in [4.78, 5) is 17.7. The Hall–Kier alpha value is -1.84. The van der Waals surface area contributed by atoms with Crippen LogP contribution in [0.3, 0.4) is 0 Å². The smallest absolute Gasteiger partial charge is 0.276 e. The Morgan fingerprint density at radius 2 is 2.04 bits per heavy atom. The van der Waals surface area contributed by atoms with E-state index in [0.717, 1.165) is 25.1 Å². The number of nitrogens with one attached hydrogen (secondary N) is 1. The van der Waals surface area contributed by atoms with E-state index in [1.165, 1.54) is 11.8 Å². The minimum atomic E-state index is -0.535. The number of rotatable bonds is 2. The lowest BCUT2D eigenvalue weighted by atomic mass is 10.1. The van der Waals surface area contributed by atoms with Crippen LogP contribution in [0.25, 0.3) is 5.70 Å². The molecule has 0 fully saturated rings. The van der Waals surface area contributed by atoms with E-state index in [0.29, 0.717) is 16.6 Å². The number of amidine groups is 1. The molecule has 2 heterocycles. The van der Waals surface area contributed by atoms with Crippen LogP contribution in [0.5, 0.6) is 5.75 Å². The number of carbonyl (C=O) groups is 1. The van der Waals surface area contributed by atoms with Gasteiger partial charge in [0.15, 0.2) is 11.3 Å². The number of hydrazone groups is 1. The maximum atomic E-state index is 12.9. The number of ether oxygens (including phenoxy) is 1. The second-order valence-electron chi connectivity index (χ2n) is 5.79. The van der Waals surface area contributed by atoms with Gasteiger partial charge in [-0.05, 0) is 40.4 Å². The lowest BCUT2D eigenvalue weighted by Gasteiger charge is -2.34. The van der Waals surface area contributed by atoms with Crippen LogP contribution in [0.1, 0.15) is 11.7 Å². The molecule has 27 heavy (non-hydrogen) atoms. The van der Waals surface area contributed by atoms with E-state index in [2.05, 4.69) is 42.3 Å². The first-order valence-corrected chi connectivity index (χ1v) is 10.8. The molecule has 0 aromatic heterocycles. The summed E-state index contributed by atoms with van der Waals surface area (Å²) in [5.41, 5.74) is 1.27. The molecule has 2 aromatic rings. The van der Waals surface area contributed by atoms with Crippen molar-refractivity contribution in [2.75, 3.05) is 13.4 Å². The molecule has 4 rings (SSSR count). The van der Waals surface area contributed by atoms with Crippen LogP contribution in [-0.2, 0) is 4.79 Å². The van der Waals surface area contributed by atoms with Crippen LogP contribution in [0.15, 0.2) is 55.4 Å². The second-order valence-corrected chi connectivity index (χ2v) is 8.35. The van der Waals surface area contributed by atoms with Crippen molar-refractivity contribution >= 4 is 60.4 Å². The molecule has 6 nitrogen and oxygen atoms in total. The minimum absolute atomic E-state index is 0.199. The maximum Gasteiger partial charge on any atom is 0.276 e. The van der Waals surface area contributed by atoms with Gasteiger partial charge in [-0.2, -0.15) is 0 Å². The van der Waals surface area contributed by atoms with Crippen LogP contribution in [-0.4, -0.2) is 29.4 Å². The summed E-state index contributed by atoms with van der Waals surface area (Å²) in [7, 11) is 1.61. The Kier molecular flexibility index (Phi) is 5.00. The highest BCUT2D eigenvalue weighted by molar-refractivity contribution is 9.11. The fraction of sp³-hybridized carbons (Fsp3) is 0.167. The van der Waals surface area contributed by atoms with Crippen molar-refractivity contribution in [3.8, 4) is 5.75 Å². The van der Waals surface area contributed by atoms with Gasteiger partial charge in [0.25, 0.3) is 5.91 Å². The van der Waals surface area contributed by atoms with Crippen molar-refractivity contribution in [3.63, 3.8) is 0 Å². The van der Waals surface area contributed by atoms with Gasteiger partial charge in [0.05, 0.1) is 16.9 Å². The van der Waals surface area contributed by atoms with Gasteiger partial charge in [0.1, 0.15) is 11.4 Å². The van der Waals surface area contributed by atoms with E-state index in [9.17, 15) is 4.79 Å². The summed E-state index contributed by atoms with van der Waals surface area (Å²) in [6, 6.07) is 11.4. The number of amides is 1. The van der Waals surface area contributed by atoms with Crippen LogP contribution in [0.4, 0.5) is 0 Å². The molecule has 2 aliphatic heterocycles. The zero-order valence-electron chi connectivity index (χ0n) is 14.4. The highest BCUT2D eigenvalue weighted by Crippen LogP contribution is 2.41. The van der Waals surface area contributed by atoms with Gasteiger partial charge in [0.2, 0.25) is 0 Å². The number of hydrogen-bond donors (Lipinski definition) is 1. The Labute approximate surface area is 176 Å². The van der Waals surface area contributed by atoms with Crippen molar-refractivity contribution in [3.05, 3.63) is 61.5 Å². The van der Waals surface area contributed by atoms with Crippen LogP contribution in [0, 0.1) is 0 Å². The molecule has 0 bridgehead atoms. The third-order valence-corrected chi connectivity index (χ3v) is 5.85. The largest absolute Gasteiger partial charge is 0.495 e. The molecule has 0 saturated heterocycles. The molecule has 138 valence electrons. The molecule has 0 aliphatic carbocycles. The normalized spacial score (nSPS) is 18.1. The van der Waals surface area contributed by atoms with Crippen molar-refractivity contribution in [2.24, 2.45) is 10.1 Å². The van der Waals surface area contributed by atoms with E-state index in [1.807, 2.05) is 42.7 Å². The minimum Gasteiger partial charge on any atom is -0.495 e. The standard InChI is InChI=1S/C18H14Br2N4O2S/c1-26-15-11(7-9(19)8-12(15)20)16-21-13-6-4-3-5-10(13)14-17(25)22-18(27-2)23-24(14)16/h3-8,16H,1-2H3,(H,22,23,25)/t16-/m0/s1. The quantitative estimate of drug-likeness (QED) is 0.676. The molecule has 0 spiro atoms. The van der Waals surface area contributed by atoms with Gasteiger partial charge < -0.3 is 4.74 Å². The molecule has 0 unspecified atom stereocenters. The van der Waals surface area contributed by atoms with E-state index in [-0.39, 0.29) is 5.91 Å². The number of hydrogen-bond acceptors (Lipinski definition) is 6. The van der Waals surface area contributed by atoms with Crippen molar-refractivity contribution in [1.82, 2.24) is 10.3 Å². The first kappa shape index (κ1) is 18.5. The molecular weight excluding hydrogens is 496 g/mol. The number of benzene rings is 2.